The number of hydrogen-bond donors (Lipinski definition) is 17. The first-order chi connectivity index (χ1) is 63.1. The summed E-state index contributed by atoms with van der Waals surface area (Å²) in [5.74, 6) is -16.1. The van der Waals surface area contributed by atoms with Crippen LogP contribution in [-0.4, -0.2) is 269 Å². The van der Waals surface area contributed by atoms with Gasteiger partial charge in [0, 0.05) is 106 Å². The van der Waals surface area contributed by atoms with Gasteiger partial charge in [0.25, 0.3) is 20.2 Å². The number of unbranched alkanes of at least 4 members (excludes halogenated alkanes) is 2. The van der Waals surface area contributed by atoms with Gasteiger partial charge in [0.2, 0.25) is 64.8 Å². The maximum absolute atomic E-state index is 14.6. The number of carbonyl (C=O) groups excluding carboxylic acids is 10. The van der Waals surface area contributed by atoms with Crippen molar-refractivity contribution in [3.8, 4) is 0 Å². The largest absolute Gasteiger partial charge is 0.481 e. The minimum Gasteiger partial charge on any atom is -0.481 e. The van der Waals surface area contributed by atoms with Gasteiger partial charge in [-0.3, -0.25) is 81.0 Å². The number of amides is 10. The SMILES string of the molecule is CCNC(=O)[C@H](CC(C)C)NC(=O)[C@@H]1CCCN1C(=O)COCCNC(=O)[C@H](Cc1ccc(/C(C)=N/OCCNC(=O)CCCCCN2/C(=C/C=C/C=C/C=C/C3=[N+](CC)c4ccc(S(=O)(=O)O)cc4C3(C)C)C(C)(C)c3cc(S(=O)(=O)O)ccc32)cc1)NC(=O)[C@@H](CCC(=O)O)NC(=O)[C@@H](CCC(=O)O)NC(=O)[C@@H](CCC(=O)O)NC(=O)[C@@H](CCC(=O)O)NC(=O)[C@H](N)CCC(=O)O. The smallest absolute Gasteiger partial charge is 0.303 e. The fourth-order valence-electron chi connectivity index (χ4n) is 15.4. The van der Waals surface area contributed by atoms with E-state index in [9.17, 15) is 118 Å². The number of carboxylic acid groups (broad SMARTS) is 5. The fraction of sp³-hybridized carbons (Fsp3) is 0.522. The summed E-state index contributed by atoms with van der Waals surface area (Å²) >= 11 is 0. The predicted molar refractivity (Wildman–Crippen MR) is 487 cm³/mol. The standard InChI is InChI=1S/C90H124N14O28S2/c1-10-92-82(118)67(49-54(3)4)100-88(124)71-21-20-46-104(71)75(106)53-131-47-43-94-83(119)68(99-87(123)66(35-42-80(115)116)98-86(122)65(34-41-79(113)114)97-85(121)64(33-40-78(111)112)96-84(120)63(32-39-77(109)110)95-81(117)62(91)31-38-76(107)108)50-56-25-27-57(28-26-56)55(5)101-132-48-44-93-74(105)24-18-15-19-45-103-70-37-30-59(134(128,129)130)52-61(70)90(8,9)73(103)23-17-14-12-13-16-22-72-89(6,7)60-51-58(133(125,126)127)29-36-69(60)102(72)11-2/h12-14,16-17,22-23,25-30,36-37,51-52,54,62-68,71H,10-11,15,18-21,24,31-35,38-50,53,91H2,1-9H3,(H15-,92,93,94,95,96,97,98,99,100,105,107,108,109,110,111,112,113,114,115,116,117,118,119,120,121,122,123,124,125,126,127,128,129,130)/p+1/b101-55+/t62-,63-,64-,65-,66-,67+,68+,71+/m1/s1. The number of ether oxygens (including phenoxy) is 1. The van der Waals surface area contributed by atoms with E-state index in [1.807, 2.05) is 91.0 Å². The second-order valence-electron chi connectivity index (χ2n) is 33.8. The molecule has 3 aromatic rings. The lowest BCUT2D eigenvalue weighted by Gasteiger charge is -2.27. The molecule has 44 heteroatoms. The summed E-state index contributed by atoms with van der Waals surface area (Å²) in [5, 5.41) is 74.3. The molecule has 18 N–H and O–H groups in total. The van der Waals surface area contributed by atoms with Gasteiger partial charge in [0.15, 0.2) is 5.71 Å². The number of allylic oxidation sites excluding steroid dienone is 8. The third kappa shape index (κ3) is 34.1. The van der Waals surface area contributed by atoms with Crippen LogP contribution in [0.25, 0.3) is 0 Å². The Morgan fingerprint density at radius 3 is 1.59 bits per heavy atom. The minimum atomic E-state index is -4.54. The van der Waals surface area contributed by atoms with Gasteiger partial charge in [-0.1, -0.05) is 93.9 Å². The molecule has 0 aromatic heterocycles. The molecule has 8 atom stereocenters. The summed E-state index contributed by atoms with van der Waals surface area (Å²) in [6, 6.07) is 2.88. The number of anilines is 1. The molecule has 0 spiro atoms. The molecule has 734 valence electrons. The lowest BCUT2D eigenvalue weighted by atomic mass is 9.81. The number of rotatable bonds is 57. The number of likely N-dealkylation sites (tertiary alicyclic amines) is 1. The van der Waals surface area contributed by atoms with Crippen LogP contribution in [0.15, 0.2) is 124 Å². The molecule has 0 saturated carbocycles. The Bertz CT molecular complexity index is 5200. The van der Waals surface area contributed by atoms with Gasteiger partial charge in [-0.25, -0.2) is 0 Å². The van der Waals surface area contributed by atoms with Crippen molar-refractivity contribution in [1.82, 2.24) is 52.8 Å². The molecule has 1 saturated heterocycles. The summed E-state index contributed by atoms with van der Waals surface area (Å²) in [5.41, 5.74) is 10.5. The summed E-state index contributed by atoms with van der Waals surface area (Å²) in [6.07, 6.45) is 8.66. The summed E-state index contributed by atoms with van der Waals surface area (Å²) in [7, 11) is -8.96. The monoisotopic (exact) mass is 1910 g/mol. The second kappa shape index (κ2) is 52.1. The fourth-order valence-corrected chi connectivity index (χ4v) is 16.4. The van der Waals surface area contributed by atoms with Crippen LogP contribution in [0.1, 0.15) is 194 Å². The molecule has 6 rings (SSSR count). The Hall–Kier alpha value is -12.6. The van der Waals surface area contributed by atoms with Crippen LogP contribution >= 0.6 is 0 Å². The molecular weight excluding hydrogens is 1790 g/mol. The molecule has 0 aliphatic carbocycles. The molecule has 42 nitrogen and oxygen atoms in total. The molecule has 0 radical (unpaired) electrons. The highest BCUT2D eigenvalue weighted by Crippen LogP contribution is 2.49. The Morgan fingerprint density at radius 2 is 1.06 bits per heavy atom. The molecule has 3 heterocycles. The molecule has 0 bridgehead atoms. The topological polar surface area (TPSA) is 641 Å². The van der Waals surface area contributed by atoms with Gasteiger partial charge in [0.05, 0.1) is 40.1 Å². The van der Waals surface area contributed by atoms with E-state index in [-0.39, 0.29) is 73.2 Å². The van der Waals surface area contributed by atoms with Crippen molar-refractivity contribution in [3.05, 3.63) is 131 Å². The average Bonchev–Trinajstić information content (AvgIpc) is 1.59. The Morgan fingerprint density at radius 1 is 0.560 bits per heavy atom. The Balaban J connectivity index is 1.12. The molecule has 3 aliphatic rings. The number of carboxylic acids is 5. The molecule has 10 amide bonds. The van der Waals surface area contributed by atoms with Crippen molar-refractivity contribution in [3.63, 3.8) is 0 Å². The molecular formula is C90H125N14O28S2+. The van der Waals surface area contributed by atoms with Crippen LogP contribution in [-0.2, 0) is 119 Å². The molecule has 3 aromatic carbocycles. The average molecular weight is 1920 g/mol. The van der Waals surface area contributed by atoms with Gasteiger partial charge < -0.3 is 98.5 Å². The van der Waals surface area contributed by atoms with Crippen molar-refractivity contribution < 1.29 is 138 Å². The number of aliphatic carboxylic acids is 5. The lowest BCUT2D eigenvalue weighted by Crippen LogP contribution is -2.59. The van der Waals surface area contributed by atoms with Crippen molar-refractivity contribution in [2.45, 2.75) is 247 Å². The number of oxime groups is 1. The highest BCUT2D eigenvalue weighted by Gasteiger charge is 2.46. The number of benzene rings is 3. The number of likely N-dealkylation sites (N-methyl/N-ethyl adjacent to an activating group) is 1. The number of carbonyl (C=O) groups is 15. The highest BCUT2D eigenvalue weighted by atomic mass is 32.2. The molecule has 1 fully saturated rings. The van der Waals surface area contributed by atoms with Gasteiger partial charge in [-0.05, 0) is 158 Å². The van der Waals surface area contributed by atoms with Crippen molar-refractivity contribution in [2.75, 3.05) is 64.0 Å². The maximum Gasteiger partial charge on any atom is 0.303 e. The third-order valence-corrected chi connectivity index (χ3v) is 24.2. The highest BCUT2D eigenvalue weighted by molar-refractivity contribution is 7.86. The van der Waals surface area contributed by atoms with Crippen molar-refractivity contribution >= 4 is 132 Å². The summed E-state index contributed by atoms with van der Waals surface area (Å²) in [6.45, 7) is 17.5. The molecule has 134 heavy (non-hydrogen) atoms. The van der Waals surface area contributed by atoms with Crippen LogP contribution in [0.2, 0.25) is 0 Å². The Kier molecular flexibility index (Phi) is 42.8. The summed E-state index contributed by atoms with van der Waals surface area (Å²) in [4.78, 5) is 205. The molecule has 3 aliphatic heterocycles. The zero-order chi connectivity index (χ0) is 99.5. The number of nitrogens with one attached hydrogen (secondary N) is 9. The zero-order valence-corrected chi connectivity index (χ0v) is 78.1. The lowest BCUT2D eigenvalue weighted by molar-refractivity contribution is -0.433. The quantitative estimate of drug-likeness (QED) is 0.00961. The van der Waals surface area contributed by atoms with Gasteiger partial charge in [-0.15, -0.1) is 0 Å². The normalized spacial score (nSPS) is 16.5. The first-order valence-corrected chi connectivity index (χ1v) is 47.0. The van der Waals surface area contributed by atoms with E-state index in [0.717, 1.165) is 28.3 Å². The van der Waals surface area contributed by atoms with E-state index in [2.05, 4.69) is 62.5 Å². The van der Waals surface area contributed by atoms with Gasteiger partial charge in [-0.2, -0.15) is 21.4 Å². The summed E-state index contributed by atoms with van der Waals surface area (Å²) < 4.78 is 76.2. The zero-order valence-electron chi connectivity index (χ0n) is 76.5. The predicted octanol–water partition coefficient (Wildman–Crippen LogP) is 3.45. The van der Waals surface area contributed by atoms with Gasteiger partial charge >= 0.3 is 29.8 Å². The van der Waals surface area contributed by atoms with E-state index in [4.69, 9.17) is 20.4 Å². The van der Waals surface area contributed by atoms with E-state index >= 15 is 0 Å². The van der Waals surface area contributed by atoms with Crippen LogP contribution in [0, 0.1) is 5.92 Å². The van der Waals surface area contributed by atoms with Crippen LogP contribution in [0.4, 0.5) is 11.4 Å². The van der Waals surface area contributed by atoms with Crippen LogP contribution in [0.3, 0.4) is 0 Å². The first kappa shape index (κ1) is 110. The van der Waals surface area contributed by atoms with E-state index < -0.39 is 227 Å². The number of fused-ring (bicyclic) bond motifs is 2. The van der Waals surface area contributed by atoms with Crippen molar-refractivity contribution in [2.24, 2.45) is 16.8 Å². The van der Waals surface area contributed by atoms with E-state index in [1.54, 1.807) is 50.2 Å². The second-order valence-corrected chi connectivity index (χ2v) is 36.7. The van der Waals surface area contributed by atoms with Crippen molar-refractivity contribution in [1.29, 1.82) is 0 Å². The Labute approximate surface area is 777 Å². The number of nitrogens with zero attached hydrogens (tertiary/aromatic N) is 4. The van der Waals surface area contributed by atoms with E-state index in [0.29, 0.717) is 80.6 Å². The van der Waals surface area contributed by atoms with E-state index in [1.165, 1.54) is 29.2 Å². The maximum atomic E-state index is 14.6. The van der Waals surface area contributed by atoms with Gasteiger partial charge in [0.1, 0.15) is 62.1 Å². The van der Waals surface area contributed by atoms with Crippen LogP contribution < -0.4 is 58.5 Å². The minimum absolute atomic E-state index is 0.0362. The number of nitrogens with two attached hydrogens (primary N) is 1. The first-order valence-electron chi connectivity index (χ1n) is 44.1. The third-order valence-electron chi connectivity index (χ3n) is 22.5. The van der Waals surface area contributed by atoms with Crippen LogP contribution in [0.5, 0.6) is 0 Å². The number of hydrogen-bond acceptors (Lipinski definition) is 24. The molecule has 0 unspecified atom stereocenters.